The van der Waals surface area contributed by atoms with Gasteiger partial charge < -0.3 is 14.5 Å². The average Bonchev–Trinajstić information content (AvgIpc) is 2.67. The Balaban J connectivity index is 1.52. The summed E-state index contributed by atoms with van der Waals surface area (Å²) in [5.41, 5.74) is 2.84. The quantitative estimate of drug-likeness (QED) is 0.725. The number of aryl methyl sites for hydroxylation is 1. The lowest BCUT2D eigenvalue weighted by molar-refractivity contribution is 0.396. The van der Waals surface area contributed by atoms with Crippen LogP contribution >= 0.6 is 0 Å². The largest absolute Gasteiger partial charge is 0.481 e. The second-order valence-electron chi connectivity index (χ2n) is 6.01. The molecule has 0 amide bonds. The van der Waals surface area contributed by atoms with Crippen LogP contribution in [0.1, 0.15) is 5.69 Å². The number of aromatic nitrogens is 4. The number of hydrogen-bond donors (Lipinski definition) is 0. The number of ether oxygens (including phenoxy) is 1. The molecule has 1 fully saturated rings. The van der Waals surface area contributed by atoms with Gasteiger partial charge in [-0.15, -0.1) is 0 Å². The van der Waals surface area contributed by atoms with Crippen LogP contribution in [0.5, 0.6) is 5.88 Å². The summed E-state index contributed by atoms with van der Waals surface area (Å²) in [7, 11) is 1.62. The number of methoxy groups -OCH3 is 1. The van der Waals surface area contributed by atoms with Crippen molar-refractivity contribution in [2.75, 3.05) is 43.1 Å². The lowest BCUT2D eigenvalue weighted by Crippen LogP contribution is -2.47. The number of piperazine rings is 1. The van der Waals surface area contributed by atoms with Crippen molar-refractivity contribution in [3.05, 3.63) is 42.4 Å². The molecule has 3 aromatic rings. The second kappa shape index (κ2) is 6.51. The van der Waals surface area contributed by atoms with Crippen LogP contribution in [-0.4, -0.2) is 53.2 Å². The summed E-state index contributed by atoms with van der Waals surface area (Å²) in [4.78, 5) is 22.5. The van der Waals surface area contributed by atoms with E-state index >= 15 is 0 Å². The van der Waals surface area contributed by atoms with Crippen LogP contribution in [-0.2, 0) is 0 Å². The van der Waals surface area contributed by atoms with Gasteiger partial charge in [0.05, 0.1) is 23.8 Å². The molecule has 1 aliphatic heterocycles. The van der Waals surface area contributed by atoms with E-state index < -0.39 is 0 Å². The van der Waals surface area contributed by atoms with E-state index in [9.17, 15) is 0 Å². The molecule has 0 N–H and O–H groups in total. The molecule has 7 heteroatoms. The molecule has 0 unspecified atom stereocenters. The van der Waals surface area contributed by atoms with Crippen molar-refractivity contribution in [3.8, 4) is 5.88 Å². The van der Waals surface area contributed by atoms with Crippen LogP contribution < -0.4 is 14.5 Å². The van der Waals surface area contributed by atoms with Gasteiger partial charge in [-0.05, 0) is 19.1 Å². The Bertz CT molecular complexity index is 892. The molecular weight excluding hydrogens is 316 g/mol. The number of anilines is 2. The Hall–Kier alpha value is -2.96. The van der Waals surface area contributed by atoms with Crippen LogP contribution in [0.3, 0.4) is 0 Å². The minimum absolute atomic E-state index is 0.587. The smallest absolute Gasteiger partial charge is 0.218 e. The monoisotopic (exact) mass is 336 g/mol. The Kier molecular flexibility index (Phi) is 4.05. The summed E-state index contributed by atoms with van der Waals surface area (Å²) in [6, 6.07) is 9.87. The molecule has 25 heavy (non-hydrogen) atoms. The van der Waals surface area contributed by atoms with E-state index in [1.54, 1.807) is 13.4 Å². The van der Waals surface area contributed by atoms with Gasteiger partial charge >= 0.3 is 0 Å². The molecule has 0 atom stereocenters. The fourth-order valence-electron chi connectivity index (χ4n) is 3.14. The predicted molar refractivity (Wildman–Crippen MR) is 97.3 cm³/mol. The zero-order valence-electron chi connectivity index (χ0n) is 14.4. The summed E-state index contributed by atoms with van der Waals surface area (Å²) in [6.45, 7) is 5.51. The Morgan fingerprint density at radius 3 is 2.32 bits per heavy atom. The molecule has 0 radical (unpaired) electrons. The van der Waals surface area contributed by atoms with Gasteiger partial charge in [0.1, 0.15) is 12.1 Å². The number of nitrogens with zero attached hydrogens (tertiary/aromatic N) is 6. The predicted octanol–water partition coefficient (Wildman–Crippen LogP) is 2.06. The van der Waals surface area contributed by atoms with E-state index in [2.05, 4.69) is 19.8 Å². The summed E-state index contributed by atoms with van der Waals surface area (Å²) in [5, 5.41) is 0. The van der Waals surface area contributed by atoms with Crippen molar-refractivity contribution < 1.29 is 4.74 Å². The molecular formula is C18H20N6O. The maximum absolute atomic E-state index is 5.19. The van der Waals surface area contributed by atoms with Gasteiger partial charge in [0.2, 0.25) is 5.88 Å². The first kappa shape index (κ1) is 15.6. The third-order valence-corrected chi connectivity index (χ3v) is 4.46. The lowest BCUT2D eigenvalue weighted by atomic mass is 10.2. The molecule has 1 saturated heterocycles. The zero-order chi connectivity index (χ0) is 17.2. The molecule has 2 aromatic heterocycles. The minimum atomic E-state index is 0.587. The highest BCUT2D eigenvalue weighted by Crippen LogP contribution is 2.23. The maximum Gasteiger partial charge on any atom is 0.218 e. The van der Waals surface area contributed by atoms with Gasteiger partial charge in [0.15, 0.2) is 5.82 Å². The summed E-state index contributed by atoms with van der Waals surface area (Å²) < 4.78 is 5.19. The third kappa shape index (κ3) is 3.05. The van der Waals surface area contributed by atoms with Gasteiger partial charge in [-0.3, -0.25) is 0 Å². The number of rotatable bonds is 3. The van der Waals surface area contributed by atoms with Crippen LogP contribution in [0.25, 0.3) is 11.0 Å². The highest BCUT2D eigenvalue weighted by Gasteiger charge is 2.21. The van der Waals surface area contributed by atoms with E-state index in [0.717, 1.165) is 54.5 Å². The molecule has 128 valence electrons. The highest BCUT2D eigenvalue weighted by molar-refractivity contribution is 5.76. The topological polar surface area (TPSA) is 67.3 Å². The van der Waals surface area contributed by atoms with E-state index in [1.807, 2.05) is 37.3 Å². The highest BCUT2D eigenvalue weighted by atomic mass is 16.5. The fourth-order valence-corrected chi connectivity index (χ4v) is 3.14. The van der Waals surface area contributed by atoms with Crippen molar-refractivity contribution in [1.82, 2.24) is 19.9 Å². The molecule has 0 saturated carbocycles. The second-order valence-corrected chi connectivity index (χ2v) is 6.01. The SMILES string of the molecule is COc1cc(N2CCN(c3nc4ccccc4nc3C)CC2)ncn1. The van der Waals surface area contributed by atoms with Crippen molar-refractivity contribution in [2.45, 2.75) is 6.92 Å². The van der Waals surface area contributed by atoms with E-state index in [0.29, 0.717) is 5.88 Å². The number of hydrogen-bond acceptors (Lipinski definition) is 7. The standard InChI is InChI=1S/C18H20N6O/c1-13-18(22-15-6-4-3-5-14(15)21-13)24-9-7-23(8-10-24)16-11-17(25-2)20-12-19-16/h3-6,11-12H,7-10H2,1-2H3. The molecule has 4 rings (SSSR count). The van der Waals surface area contributed by atoms with Gasteiger partial charge in [0, 0.05) is 32.2 Å². The Labute approximate surface area is 146 Å². The van der Waals surface area contributed by atoms with E-state index in [-0.39, 0.29) is 0 Å². The fraction of sp³-hybridized carbons (Fsp3) is 0.333. The number of benzene rings is 1. The van der Waals surface area contributed by atoms with Gasteiger partial charge in [0.25, 0.3) is 0 Å². The molecule has 7 nitrogen and oxygen atoms in total. The van der Waals surface area contributed by atoms with Gasteiger partial charge in [-0.1, -0.05) is 12.1 Å². The zero-order valence-corrected chi connectivity index (χ0v) is 14.4. The normalized spacial score (nSPS) is 14.8. The number of fused-ring (bicyclic) bond motifs is 1. The first-order valence-electron chi connectivity index (χ1n) is 8.34. The molecule has 0 spiro atoms. The first-order valence-corrected chi connectivity index (χ1v) is 8.34. The summed E-state index contributed by atoms with van der Waals surface area (Å²) >= 11 is 0. The van der Waals surface area contributed by atoms with Crippen LogP contribution in [0.2, 0.25) is 0 Å². The van der Waals surface area contributed by atoms with E-state index in [4.69, 9.17) is 14.7 Å². The summed E-state index contributed by atoms with van der Waals surface area (Å²) in [5.74, 6) is 2.45. The third-order valence-electron chi connectivity index (χ3n) is 4.46. The molecule has 1 aromatic carbocycles. The van der Waals surface area contributed by atoms with Crippen molar-refractivity contribution in [3.63, 3.8) is 0 Å². The van der Waals surface area contributed by atoms with Crippen molar-refractivity contribution in [2.24, 2.45) is 0 Å². The molecule has 1 aliphatic rings. The molecule has 0 aliphatic carbocycles. The van der Waals surface area contributed by atoms with Crippen LogP contribution in [0.15, 0.2) is 36.7 Å². The molecule has 3 heterocycles. The van der Waals surface area contributed by atoms with Crippen molar-refractivity contribution >= 4 is 22.7 Å². The van der Waals surface area contributed by atoms with Crippen LogP contribution in [0, 0.1) is 6.92 Å². The van der Waals surface area contributed by atoms with Crippen molar-refractivity contribution in [1.29, 1.82) is 0 Å². The maximum atomic E-state index is 5.19. The first-order chi connectivity index (χ1) is 12.2. The van der Waals surface area contributed by atoms with Crippen LogP contribution in [0.4, 0.5) is 11.6 Å². The van der Waals surface area contributed by atoms with E-state index in [1.165, 1.54) is 0 Å². The average molecular weight is 336 g/mol. The van der Waals surface area contributed by atoms with Gasteiger partial charge in [-0.25, -0.2) is 19.9 Å². The lowest BCUT2D eigenvalue weighted by Gasteiger charge is -2.36. The molecule has 0 bridgehead atoms. The summed E-state index contributed by atoms with van der Waals surface area (Å²) in [6.07, 6.45) is 1.54. The minimum Gasteiger partial charge on any atom is -0.481 e. The Morgan fingerprint density at radius 2 is 1.60 bits per heavy atom. The Morgan fingerprint density at radius 1 is 0.920 bits per heavy atom. The van der Waals surface area contributed by atoms with Gasteiger partial charge in [-0.2, -0.15) is 0 Å². The number of para-hydroxylation sites is 2.